The van der Waals surface area contributed by atoms with Crippen molar-refractivity contribution in [1.82, 2.24) is 0 Å². The predicted octanol–water partition coefficient (Wildman–Crippen LogP) is 3.17. The number of unbranched alkanes of at least 4 members (excludes halogenated alkanes) is 5. The Kier molecular flexibility index (Phi) is 10.1. The Morgan fingerprint density at radius 3 is 2.25 bits per heavy atom. The van der Waals surface area contributed by atoms with Gasteiger partial charge in [0.2, 0.25) is 0 Å². The van der Waals surface area contributed by atoms with E-state index in [4.69, 9.17) is 0 Å². The number of hydrogen-bond donors (Lipinski definition) is 0. The summed E-state index contributed by atoms with van der Waals surface area (Å²) in [7, 11) is 0. The van der Waals surface area contributed by atoms with Gasteiger partial charge in [-0.05, 0) is 19.3 Å². The molecule has 0 unspecified atom stereocenters. The van der Waals surface area contributed by atoms with Gasteiger partial charge in [0, 0.05) is 12.8 Å². The second-order valence-electron chi connectivity index (χ2n) is 2.97. The van der Waals surface area contributed by atoms with Crippen LogP contribution in [0.15, 0.2) is 0 Å². The van der Waals surface area contributed by atoms with Gasteiger partial charge in [-0.25, -0.2) is 5.11 Å². The zero-order valence-electron chi connectivity index (χ0n) is 8.07. The summed E-state index contributed by atoms with van der Waals surface area (Å²) in [6, 6.07) is 0. The highest BCUT2D eigenvalue weighted by atomic mass is 16.2. The molecule has 1 nitrogen and oxygen atoms in total. The Morgan fingerprint density at radius 2 is 1.58 bits per heavy atom. The Bertz CT molecular complexity index is 130. The molecule has 0 atom stereocenters. The molecule has 0 fully saturated rings. The maximum absolute atomic E-state index is 10.1. The van der Waals surface area contributed by atoms with E-state index in [1.54, 1.807) is 0 Å². The molecule has 0 aromatic rings. The lowest BCUT2D eigenvalue weighted by atomic mass is 10.1. The molecule has 0 aliphatic heterocycles. The first-order valence-corrected chi connectivity index (χ1v) is 4.95. The first kappa shape index (κ1) is 11.5. The number of hydrogen-bond acceptors (Lipinski definition) is 0. The maximum atomic E-state index is 10.1. The highest BCUT2D eigenvalue weighted by molar-refractivity contribution is 4.98. The quantitative estimate of drug-likeness (QED) is 0.428. The fourth-order valence-corrected chi connectivity index (χ4v) is 0.971. The highest BCUT2D eigenvalue weighted by Crippen LogP contribution is 2.01. The van der Waals surface area contributed by atoms with Crippen molar-refractivity contribution in [3.05, 3.63) is 0 Å². The van der Waals surface area contributed by atoms with E-state index in [-0.39, 0.29) is 6.61 Å². The van der Waals surface area contributed by atoms with Gasteiger partial charge in [-0.15, -0.1) is 11.8 Å². The molecule has 0 saturated heterocycles. The largest absolute Gasteiger partial charge is 0.237 e. The first-order valence-electron chi connectivity index (χ1n) is 4.95. The standard InChI is InChI=1S/C11H19O/c1-2-3-4-5-6-7-8-9-10-11-12/h2-3,6-11H2,1H3. The van der Waals surface area contributed by atoms with Crippen LogP contribution in [0.4, 0.5) is 0 Å². The third-order valence-electron chi connectivity index (χ3n) is 1.70. The number of rotatable bonds is 6. The topological polar surface area (TPSA) is 19.9 Å². The first-order chi connectivity index (χ1) is 5.91. The molecule has 0 aliphatic carbocycles. The minimum Gasteiger partial charge on any atom is -0.237 e. The van der Waals surface area contributed by atoms with Crippen molar-refractivity contribution in [1.29, 1.82) is 0 Å². The van der Waals surface area contributed by atoms with E-state index in [0.29, 0.717) is 0 Å². The highest BCUT2D eigenvalue weighted by Gasteiger charge is 1.86. The van der Waals surface area contributed by atoms with E-state index in [2.05, 4.69) is 18.8 Å². The van der Waals surface area contributed by atoms with Crippen molar-refractivity contribution in [3.63, 3.8) is 0 Å². The smallest absolute Gasteiger partial charge is 0.0822 e. The fourth-order valence-electron chi connectivity index (χ4n) is 0.971. The lowest BCUT2D eigenvalue weighted by Gasteiger charge is -1.93. The molecule has 1 radical (unpaired) electrons. The zero-order chi connectivity index (χ0) is 9.07. The van der Waals surface area contributed by atoms with Crippen LogP contribution in [-0.2, 0) is 5.11 Å². The van der Waals surface area contributed by atoms with Gasteiger partial charge in [0.05, 0.1) is 6.61 Å². The van der Waals surface area contributed by atoms with Crippen LogP contribution in [0.25, 0.3) is 0 Å². The lowest BCUT2D eigenvalue weighted by Crippen LogP contribution is -1.81. The Balaban J connectivity index is 2.96. The monoisotopic (exact) mass is 167 g/mol. The van der Waals surface area contributed by atoms with Crippen LogP contribution in [0.2, 0.25) is 0 Å². The zero-order valence-corrected chi connectivity index (χ0v) is 8.07. The van der Waals surface area contributed by atoms with Gasteiger partial charge < -0.3 is 0 Å². The second kappa shape index (κ2) is 10.5. The Hall–Kier alpha value is -0.480. The molecule has 69 valence electrons. The summed E-state index contributed by atoms with van der Waals surface area (Å²) in [5.41, 5.74) is 0. The predicted molar refractivity (Wildman–Crippen MR) is 51.3 cm³/mol. The summed E-state index contributed by atoms with van der Waals surface area (Å²) in [5.74, 6) is 6.25. The van der Waals surface area contributed by atoms with E-state index in [1.165, 1.54) is 6.42 Å². The van der Waals surface area contributed by atoms with Crippen molar-refractivity contribution >= 4 is 0 Å². The Morgan fingerprint density at radius 1 is 0.917 bits per heavy atom. The molecular weight excluding hydrogens is 148 g/mol. The van der Waals surface area contributed by atoms with Gasteiger partial charge >= 0.3 is 0 Å². The van der Waals surface area contributed by atoms with E-state index >= 15 is 0 Å². The van der Waals surface area contributed by atoms with Crippen molar-refractivity contribution in [3.8, 4) is 11.8 Å². The third kappa shape index (κ3) is 9.52. The van der Waals surface area contributed by atoms with Gasteiger partial charge in [0.25, 0.3) is 0 Å². The van der Waals surface area contributed by atoms with Gasteiger partial charge in [0.15, 0.2) is 0 Å². The summed E-state index contributed by atoms with van der Waals surface area (Å²) in [6.07, 6.45) is 7.45. The summed E-state index contributed by atoms with van der Waals surface area (Å²) in [6.45, 7) is 2.23. The summed E-state index contributed by atoms with van der Waals surface area (Å²) in [5, 5.41) is 10.1. The van der Waals surface area contributed by atoms with Gasteiger partial charge in [0.1, 0.15) is 0 Å². The van der Waals surface area contributed by atoms with E-state index in [1.807, 2.05) is 0 Å². The lowest BCUT2D eigenvalue weighted by molar-refractivity contribution is 0.186. The molecule has 0 aliphatic rings. The van der Waals surface area contributed by atoms with Gasteiger partial charge in [-0.3, -0.25) is 0 Å². The SMILES string of the molecule is CCCC#CCCCCCC[O]. The van der Waals surface area contributed by atoms with Crippen molar-refractivity contribution in [2.24, 2.45) is 0 Å². The van der Waals surface area contributed by atoms with E-state index in [9.17, 15) is 5.11 Å². The molecule has 0 saturated carbocycles. The van der Waals surface area contributed by atoms with Crippen LogP contribution < -0.4 is 0 Å². The van der Waals surface area contributed by atoms with Crippen molar-refractivity contribution < 1.29 is 5.11 Å². The summed E-state index contributed by atoms with van der Waals surface area (Å²) in [4.78, 5) is 0. The summed E-state index contributed by atoms with van der Waals surface area (Å²) < 4.78 is 0. The van der Waals surface area contributed by atoms with Crippen LogP contribution in [0, 0.1) is 11.8 Å². The van der Waals surface area contributed by atoms with Gasteiger partial charge in [-0.2, -0.15) is 0 Å². The van der Waals surface area contributed by atoms with Crippen LogP contribution in [0.5, 0.6) is 0 Å². The average molecular weight is 167 g/mol. The molecule has 0 aromatic heterocycles. The minimum atomic E-state index is 0.0848. The molecule has 0 amide bonds. The molecule has 0 spiro atoms. The van der Waals surface area contributed by atoms with Crippen LogP contribution >= 0.6 is 0 Å². The van der Waals surface area contributed by atoms with E-state index in [0.717, 1.165) is 38.5 Å². The molecular formula is C11H19O. The molecule has 0 heterocycles. The van der Waals surface area contributed by atoms with Crippen LogP contribution in [0.1, 0.15) is 51.9 Å². The van der Waals surface area contributed by atoms with E-state index < -0.39 is 0 Å². The van der Waals surface area contributed by atoms with Gasteiger partial charge in [-0.1, -0.05) is 19.8 Å². The van der Waals surface area contributed by atoms with Crippen molar-refractivity contribution in [2.45, 2.75) is 51.9 Å². The molecule has 0 aromatic carbocycles. The molecule has 1 heteroatoms. The maximum Gasteiger partial charge on any atom is 0.0822 e. The van der Waals surface area contributed by atoms with Crippen molar-refractivity contribution in [2.75, 3.05) is 6.61 Å². The molecule has 0 bridgehead atoms. The van der Waals surface area contributed by atoms with Crippen LogP contribution in [0.3, 0.4) is 0 Å². The summed E-state index contributed by atoms with van der Waals surface area (Å²) >= 11 is 0. The van der Waals surface area contributed by atoms with Crippen LogP contribution in [-0.4, -0.2) is 6.61 Å². The third-order valence-corrected chi connectivity index (χ3v) is 1.70. The second-order valence-corrected chi connectivity index (χ2v) is 2.97. The fraction of sp³-hybridized carbons (Fsp3) is 0.818. The molecule has 0 rings (SSSR count). The average Bonchev–Trinajstić information content (AvgIpc) is 2.10. The molecule has 12 heavy (non-hydrogen) atoms. The minimum absolute atomic E-state index is 0.0848. The normalized spacial score (nSPS) is 9.17. The molecule has 0 N–H and O–H groups in total. The Labute approximate surface area is 76.2 Å².